The summed E-state index contributed by atoms with van der Waals surface area (Å²) in [7, 11) is 0. The van der Waals surface area contributed by atoms with Crippen LogP contribution in [0.4, 0.5) is 0 Å². The Morgan fingerprint density at radius 2 is 1.90 bits per heavy atom. The zero-order valence-electron chi connectivity index (χ0n) is 10.9. The Morgan fingerprint density at radius 1 is 1.05 bits per heavy atom. The van der Waals surface area contributed by atoms with Gasteiger partial charge in [0.15, 0.2) is 6.29 Å². The summed E-state index contributed by atoms with van der Waals surface area (Å²) >= 11 is 0. The molecule has 2 heterocycles. The molecular weight excluding hydrogens is 248 g/mol. The molecule has 0 bridgehead atoms. The molecule has 0 unspecified atom stereocenters. The van der Waals surface area contributed by atoms with Crippen molar-refractivity contribution >= 4 is 6.29 Å². The number of aromatic nitrogens is 2. The lowest BCUT2D eigenvalue weighted by atomic mass is 10.1. The fraction of sp³-hybridized carbons (Fsp3) is 0.0588. The average Bonchev–Trinajstić information content (AvgIpc) is 2.92. The van der Waals surface area contributed by atoms with Gasteiger partial charge in [-0.25, -0.2) is 0 Å². The normalized spacial score (nSPS) is 10.4. The maximum Gasteiger partial charge on any atom is 0.152 e. The Hall–Kier alpha value is -2.68. The molecular formula is C17H14N2O. The molecule has 0 amide bonds. The van der Waals surface area contributed by atoms with Crippen LogP contribution >= 0.6 is 0 Å². The molecule has 3 heteroatoms. The van der Waals surface area contributed by atoms with Crippen molar-refractivity contribution in [2.45, 2.75) is 6.54 Å². The van der Waals surface area contributed by atoms with E-state index >= 15 is 0 Å². The first-order valence-corrected chi connectivity index (χ1v) is 6.47. The molecule has 0 radical (unpaired) electrons. The minimum absolute atomic E-state index is 0.700. The molecule has 0 aliphatic carbocycles. The second-order valence-corrected chi connectivity index (χ2v) is 4.59. The van der Waals surface area contributed by atoms with Gasteiger partial charge in [-0.3, -0.25) is 9.78 Å². The van der Waals surface area contributed by atoms with E-state index in [4.69, 9.17) is 0 Å². The van der Waals surface area contributed by atoms with Crippen molar-refractivity contribution in [3.63, 3.8) is 0 Å². The highest BCUT2D eigenvalue weighted by Crippen LogP contribution is 2.24. The zero-order chi connectivity index (χ0) is 13.8. The van der Waals surface area contributed by atoms with E-state index < -0.39 is 0 Å². The molecule has 0 spiro atoms. The summed E-state index contributed by atoms with van der Waals surface area (Å²) < 4.78 is 2.08. The van der Waals surface area contributed by atoms with Gasteiger partial charge in [-0.05, 0) is 23.3 Å². The van der Waals surface area contributed by atoms with Crippen LogP contribution < -0.4 is 0 Å². The predicted molar refractivity (Wildman–Crippen MR) is 78.6 cm³/mol. The van der Waals surface area contributed by atoms with E-state index in [9.17, 15) is 4.79 Å². The van der Waals surface area contributed by atoms with Gasteiger partial charge in [-0.1, -0.05) is 36.4 Å². The standard InChI is InChI=1S/C17H14N2O/c20-13-16-8-10-19(12-14-5-4-9-18-11-14)17(16)15-6-2-1-3-7-15/h1-11,13H,12H2. The zero-order valence-corrected chi connectivity index (χ0v) is 10.9. The average molecular weight is 262 g/mol. The van der Waals surface area contributed by atoms with Crippen molar-refractivity contribution < 1.29 is 4.79 Å². The second kappa shape index (κ2) is 5.53. The van der Waals surface area contributed by atoms with Gasteiger partial charge < -0.3 is 4.57 Å². The third kappa shape index (κ3) is 2.38. The first kappa shape index (κ1) is 12.4. The van der Waals surface area contributed by atoms with E-state index in [-0.39, 0.29) is 0 Å². The van der Waals surface area contributed by atoms with Gasteiger partial charge in [0.1, 0.15) is 0 Å². The van der Waals surface area contributed by atoms with Crippen molar-refractivity contribution in [2.75, 3.05) is 0 Å². The summed E-state index contributed by atoms with van der Waals surface area (Å²) in [5.74, 6) is 0. The summed E-state index contributed by atoms with van der Waals surface area (Å²) in [5.41, 5.74) is 3.81. The highest BCUT2D eigenvalue weighted by atomic mass is 16.1. The number of carbonyl (C=O) groups excluding carboxylic acids is 1. The van der Waals surface area contributed by atoms with Crippen molar-refractivity contribution in [1.29, 1.82) is 0 Å². The van der Waals surface area contributed by atoms with Gasteiger partial charge in [0.25, 0.3) is 0 Å². The molecule has 1 aromatic carbocycles. The van der Waals surface area contributed by atoms with Crippen LogP contribution in [0.3, 0.4) is 0 Å². The Labute approximate surface area is 117 Å². The van der Waals surface area contributed by atoms with E-state index in [1.165, 1.54) is 0 Å². The SMILES string of the molecule is O=Cc1ccn(Cc2cccnc2)c1-c1ccccc1. The van der Waals surface area contributed by atoms with Gasteiger partial charge in [0.05, 0.1) is 5.69 Å². The minimum Gasteiger partial charge on any atom is -0.342 e. The number of hydrogen-bond donors (Lipinski definition) is 0. The van der Waals surface area contributed by atoms with Gasteiger partial charge in [-0.15, -0.1) is 0 Å². The van der Waals surface area contributed by atoms with Crippen molar-refractivity contribution in [3.8, 4) is 11.3 Å². The van der Waals surface area contributed by atoms with Gasteiger partial charge in [-0.2, -0.15) is 0 Å². The molecule has 3 aromatic rings. The quantitative estimate of drug-likeness (QED) is 0.675. The predicted octanol–water partition coefficient (Wildman–Crippen LogP) is 3.41. The molecule has 0 aliphatic rings. The third-order valence-electron chi connectivity index (χ3n) is 3.24. The molecule has 3 nitrogen and oxygen atoms in total. The number of carbonyl (C=O) groups is 1. The first-order chi connectivity index (χ1) is 9.88. The van der Waals surface area contributed by atoms with E-state index in [1.54, 1.807) is 6.20 Å². The second-order valence-electron chi connectivity index (χ2n) is 4.59. The summed E-state index contributed by atoms with van der Waals surface area (Å²) in [6.45, 7) is 0.700. The Kier molecular flexibility index (Phi) is 3.42. The first-order valence-electron chi connectivity index (χ1n) is 6.47. The van der Waals surface area contributed by atoms with E-state index in [1.807, 2.05) is 60.9 Å². The van der Waals surface area contributed by atoms with E-state index in [0.717, 1.165) is 23.1 Å². The largest absolute Gasteiger partial charge is 0.342 e. The third-order valence-corrected chi connectivity index (χ3v) is 3.24. The molecule has 0 saturated heterocycles. The van der Waals surface area contributed by atoms with Gasteiger partial charge >= 0.3 is 0 Å². The maximum absolute atomic E-state index is 11.2. The van der Waals surface area contributed by atoms with Crippen molar-refractivity contribution in [3.05, 3.63) is 78.2 Å². The van der Waals surface area contributed by atoms with E-state index in [0.29, 0.717) is 12.1 Å². The molecule has 0 N–H and O–H groups in total. The monoisotopic (exact) mass is 262 g/mol. The molecule has 0 atom stereocenters. The molecule has 0 aliphatic heterocycles. The Morgan fingerprint density at radius 3 is 2.60 bits per heavy atom. The van der Waals surface area contributed by atoms with Crippen LogP contribution in [0.25, 0.3) is 11.3 Å². The molecule has 0 fully saturated rings. The molecule has 0 saturated carbocycles. The highest BCUT2D eigenvalue weighted by Gasteiger charge is 2.10. The van der Waals surface area contributed by atoms with Crippen molar-refractivity contribution in [1.82, 2.24) is 9.55 Å². The smallest absolute Gasteiger partial charge is 0.152 e. The molecule has 20 heavy (non-hydrogen) atoms. The lowest BCUT2D eigenvalue weighted by Gasteiger charge is -2.10. The Bertz CT molecular complexity index is 702. The number of aldehydes is 1. The molecule has 2 aromatic heterocycles. The maximum atomic E-state index is 11.2. The summed E-state index contributed by atoms with van der Waals surface area (Å²) in [6.07, 6.45) is 6.45. The molecule has 98 valence electrons. The summed E-state index contributed by atoms with van der Waals surface area (Å²) in [6, 6.07) is 15.8. The number of pyridine rings is 1. The van der Waals surface area contributed by atoms with Crippen LogP contribution in [-0.4, -0.2) is 15.8 Å². The fourth-order valence-electron chi connectivity index (χ4n) is 2.33. The van der Waals surface area contributed by atoms with Gasteiger partial charge in [0.2, 0.25) is 0 Å². The number of rotatable bonds is 4. The lowest BCUT2D eigenvalue weighted by Crippen LogP contribution is -2.01. The fourth-order valence-corrected chi connectivity index (χ4v) is 2.33. The van der Waals surface area contributed by atoms with Crippen LogP contribution in [-0.2, 0) is 6.54 Å². The number of hydrogen-bond acceptors (Lipinski definition) is 2. The van der Waals surface area contributed by atoms with Crippen LogP contribution in [0.15, 0.2) is 67.1 Å². The summed E-state index contributed by atoms with van der Waals surface area (Å²) in [5, 5.41) is 0. The van der Waals surface area contributed by atoms with Crippen LogP contribution in [0.1, 0.15) is 15.9 Å². The molecule has 3 rings (SSSR count). The Balaban J connectivity index is 2.04. The number of benzene rings is 1. The summed E-state index contributed by atoms with van der Waals surface area (Å²) in [4.78, 5) is 15.4. The van der Waals surface area contributed by atoms with Gasteiger partial charge in [0, 0.05) is 30.7 Å². The van der Waals surface area contributed by atoms with Crippen LogP contribution in [0.5, 0.6) is 0 Å². The van der Waals surface area contributed by atoms with Crippen molar-refractivity contribution in [2.24, 2.45) is 0 Å². The minimum atomic E-state index is 0.700. The number of nitrogens with zero attached hydrogens (tertiary/aromatic N) is 2. The van der Waals surface area contributed by atoms with E-state index in [2.05, 4.69) is 9.55 Å². The topological polar surface area (TPSA) is 34.9 Å². The highest BCUT2D eigenvalue weighted by molar-refractivity contribution is 5.86. The van der Waals surface area contributed by atoms with Crippen LogP contribution in [0.2, 0.25) is 0 Å². The lowest BCUT2D eigenvalue weighted by molar-refractivity contribution is 0.112. The van der Waals surface area contributed by atoms with Crippen LogP contribution in [0, 0.1) is 0 Å².